The van der Waals surface area contributed by atoms with E-state index >= 15 is 0 Å². The fraction of sp³-hybridized carbons (Fsp3) is 0.0769. The number of halogens is 3. The molecular weight excluding hydrogens is 363 g/mol. The minimum atomic E-state index is -0.297. The normalized spacial score (nSPS) is 10.4. The second kappa shape index (κ2) is 5.28. The van der Waals surface area contributed by atoms with Gasteiger partial charge in [0.05, 0.1) is 10.2 Å². The lowest BCUT2D eigenvalue weighted by molar-refractivity contribution is 0.621. The molecule has 3 N–H and O–H groups in total. The molecule has 0 spiro atoms. The van der Waals surface area contributed by atoms with Crippen LogP contribution in [-0.4, -0.2) is 0 Å². The Morgan fingerprint density at radius 1 is 1.06 bits per heavy atom. The van der Waals surface area contributed by atoms with Crippen molar-refractivity contribution in [3.63, 3.8) is 0 Å². The van der Waals surface area contributed by atoms with Crippen molar-refractivity contribution in [1.82, 2.24) is 0 Å². The van der Waals surface area contributed by atoms with Gasteiger partial charge < -0.3 is 11.1 Å². The summed E-state index contributed by atoms with van der Waals surface area (Å²) < 4.78 is 14.8. The Morgan fingerprint density at radius 3 is 2.44 bits per heavy atom. The van der Waals surface area contributed by atoms with Crippen LogP contribution in [0.2, 0.25) is 0 Å². The number of anilines is 3. The summed E-state index contributed by atoms with van der Waals surface area (Å²) in [5, 5.41) is 3.17. The third kappa shape index (κ3) is 2.84. The van der Waals surface area contributed by atoms with Gasteiger partial charge in [0.15, 0.2) is 0 Å². The highest BCUT2D eigenvalue weighted by molar-refractivity contribution is 9.10. The number of rotatable bonds is 2. The predicted molar refractivity (Wildman–Crippen MR) is 80.7 cm³/mol. The van der Waals surface area contributed by atoms with Crippen molar-refractivity contribution in [2.24, 2.45) is 0 Å². The zero-order valence-corrected chi connectivity index (χ0v) is 12.8. The van der Waals surface area contributed by atoms with E-state index < -0.39 is 0 Å². The fourth-order valence-corrected chi connectivity index (χ4v) is 2.51. The van der Waals surface area contributed by atoms with Crippen LogP contribution in [0.25, 0.3) is 0 Å². The van der Waals surface area contributed by atoms with E-state index in [0.717, 1.165) is 21.4 Å². The third-order valence-electron chi connectivity index (χ3n) is 2.53. The first-order valence-electron chi connectivity index (χ1n) is 5.25. The molecule has 0 aliphatic rings. The van der Waals surface area contributed by atoms with Gasteiger partial charge in [-0.2, -0.15) is 0 Å². The quantitative estimate of drug-likeness (QED) is 0.728. The lowest BCUT2D eigenvalue weighted by Crippen LogP contribution is -1.96. The third-order valence-corrected chi connectivity index (χ3v) is 3.79. The monoisotopic (exact) mass is 372 g/mol. The summed E-state index contributed by atoms with van der Waals surface area (Å²) in [6.45, 7) is 1.91. The van der Waals surface area contributed by atoms with Gasteiger partial charge in [-0.05, 0) is 74.7 Å². The molecule has 0 fully saturated rings. The molecule has 5 heteroatoms. The summed E-state index contributed by atoms with van der Waals surface area (Å²) in [6.07, 6.45) is 0. The molecule has 0 unspecified atom stereocenters. The molecule has 0 bridgehead atoms. The topological polar surface area (TPSA) is 38.0 Å². The molecule has 0 atom stereocenters. The van der Waals surface area contributed by atoms with Crippen molar-refractivity contribution in [3.8, 4) is 0 Å². The zero-order valence-electron chi connectivity index (χ0n) is 9.60. The summed E-state index contributed by atoms with van der Waals surface area (Å²) >= 11 is 6.58. The molecule has 2 aromatic rings. The molecule has 0 saturated heterocycles. The number of nitrogen functional groups attached to an aromatic ring is 1. The molecule has 0 radical (unpaired) electrons. The van der Waals surface area contributed by atoms with Crippen LogP contribution >= 0.6 is 31.9 Å². The van der Waals surface area contributed by atoms with Gasteiger partial charge in [-0.1, -0.05) is 0 Å². The largest absolute Gasteiger partial charge is 0.399 e. The first kappa shape index (κ1) is 13.4. The second-order valence-electron chi connectivity index (χ2n) is 3.95. The van der Waals surface area contributed by atoms with Crippen LogP contribution in [0.3, 0.4) is 0 Å². The molecule has 2 nitrogen and oxygen atoms in total. The van der Waals surface area contributed by atoms with Crippen LogP contribution in [0.4, 0.5) is 21.5 Å². The van der Waals surface area contributed by atoms with Gasteiger partial charge in [0, 0.05) is 15.8 Å². The van der Waals surface area contributed by atoms with Gasteiger partial charge in [0.2, 0.25) is 0 Å². The maximum absolute atomic E-state index is 13.5. The van der Waals surface area contributed by atoms with Crippen molar-refractivity contribution in [2.45, 2.75) is 6.92 Å². The van der Waals surface area contributed by atoms with Gasteiger partial charge in [-0.25, -0.2) is 4.39 Å². The van der Waals surface area contributed by atoms with E-state index in [1.807, 2.05) is 13.0 Å². The van der Waals surface area contributed by atoms with Gasteiger partial charge in [0.25, 0.3) is 0 Å². The van der Waals surface area contributed by atoms with Crippen LogP contribution in [0, 0.1) is 12.7 Å². The molecule has 2 rings (SSSR count). The van der Waals surface area contributed by atoms with E-state index in [-0.39, 0.29) is 5.82 Å². The summed E-state index contributed by atoms with van der Waals surface area (Å²) in [7, 11) is 0. The number of nitrogens with one attached hydrogen (secondary N) is 1. The zero-order chi connectivity index (χ0) is 13.3. The molecule has 0 amide bonds. The number of nitrogens with two attached hydrogens (primary N) is 1. The van der Waals surface area contributed by atoms with E-state index in [9.17, 15) is 4.39 Å². The van der Waals surface area contributed by atoms with Crippen LogP contribution in [0.5, 0.6) is 0 Å². The molecule has 0 heterocycles. The lowest BCUT2D eigenvalue weighted by atomic mass is 10.2. The minimum absolute atomic E-state index is 0.297. The highest BCUT2D eigenvalue weighted by atomic mass is 79.9. The highest BCUT2D eigenvalue weighted by Gasteiger charge is 2.07. The van der Waals surface area contributed by atoms with Crippen LogP contribution in [-0.2, 0) is 0 Å². The molecular formula is C13H11Br2FN2. The van der Waals surface area contributed by atoms with Crippen molar-refractivity contribution < 1.29 is 4.39 Å². The average molecular weight is 374 g/mol. The van der Waals surface area contributed by atoms with Crippen molar-refractivity contribution >= 4 is 48.9 Å². The minimum Gasteiger partial charge on any atom is -0.399 e. The molecule has 0 aromatic heterocycles. The Hall–Kier alpha value is -1.07. The smallest absolute Gasteiger partial charge is 0.139 e. The van der Waals surface area contributed by atoms with E-state index in [1.54, 1.807) is 18.2 Å². The summed E-state index contributed by atoms with van der Waals surface area (Å²) in [5.74, 6) is -0.297. The molecule has 0 aliphatic heterocycles. The van der Waals surface area contributed by atoms with Crippen LogP contribution in [0.1, 0.15) is 5.56 Å². The van der Waals surface area contributed by atoms with Gasteiger partial charge >= 0.3 is 0 Å². The molecule has 0 aliphatic carbocycles. The second-order valence-corrected chi connectivity index (χ2v) is 5.65. The van der Waals surface area contributed by atoms with Gasteiger partial charge in [-0.3, -0.25) is 0 Å². The van der Waals surface area contributed by atoms with Crippen molar-refractivity contribution in [1.29, 1.82) is 0 Å². The average Bonchev–Trinajstić information content (AvgIpc) is 2.29. The lowest BCUT2D eigenvalue weighted by Gasteiger charge is -2.12. The predicted octanol–water partition coefficient (Wildman–Crippen LogP) is 4.98. The van der Waals surface area contributed by atoms with Crippen molar-refractivity contribution in [2.75, 3.05) is 11.1 Å². The number of hydrogen-bond donors (Lipinski definition) is 2. The summed E-state index contributed by atoms with van der Waals surface area (Å²) in [6, 6.07) is 8.63. The standard InChI is InChI=1S/C13H11Br2FN2/c1-7-4-9(14)11(16)6-13(7)18-12-3-2-8(17)5-10(12)15/h2-6,18H,17H2,1H3. The summed E-state index contributed by atoms with van der Waals surface area (Å²) in [5.41, 5.74) is 8.86. The number of aryl methyl sites for hydroxylation is 1. The Morgan fingerprint density at radius 2 is 1.78 bits per heavy atom. The number of hydrogen-bond acceptors (Lipinski definition) is 2. The fourth-order valence-electron chi connectivity index (χ4n) is 1.56. The van der Waals surface area contributed by atoms with Crippen LogP contribution < -0.4 is 11.1 Å². The van der Waals surface area contributed by atoms with E-state index in [4.69, 9.17) is 5.73 Å². The molecule has 0 saturated carbocycles. The maximum Gasteiger partial charge on any atom is 0.139 e. The molecule has 2 aromatic carbocycles. The number of benzene rings is 2. The summed E-state index contributed by atoms with van der Waals surface area (Å²) in [4.78, 5) is 0. The highest BCUT2D eigenvalue weighted by Crippen LogP contribution is 2.31. The Labute approximate surface area is 122 Å². The van der Waals surface area contributed by atoms with E-state index in [2.05, 4.69) is 37.2 Å². The SMILES string of the molecule is Cc1cc(Br)c(F)cc1Nc1ccc(N)cc1Br. The Kier molecular flexibility index (Phi) is 3.92. The maximum atomic E-state index is 13.5. The Balaban J connectivity index is 2.37. The van der Waals surface area contributed by atoms with E-state index in [0.29, 0.717) is 10.2 Å². The molecule has 18 heavy (non-hydrogen) atoms. The first-order valence-corrected chi connectivity index (χ1v) is 6.83. The van der Waals surface area contributed by atoms with E-state index in [1.165, 1.54) is 6.07 Å². The first-order chi connectivity index (χ1) is 8.47. The Bertz CT molecular complexity index is 600. The van der Waals surface area contributed by atoms with Crippen LogP contribution in [0.15, 0.2) is 39.3 Å². The van der Waals surface area contributed by atoms with Gasteiger partial charge in [-0.15, -0.1) is 0 Å². The van der Waals surface area contributed by atoms with Crippen molar-refractivity contribution in [3.05, 3.63) is 50.7 Å². The van der Waals surface area contributed by atoms with Gasteiger partial charge in [0.1, 0.15) is 5.82 Å². The molecule has 94 valence electrons.